The molecular weight excluding hydrogens is 170 g/mol. The van der Waals surface area contributed by atoms with Gasteiger partial charge in [-0.3, -0.25) is 0 Å². The average molecular weight is 175 g/mol. The Balaban J connectivity index is -0.0000000800. The Morgan fingerprint density at radius 2 is 1.14 bits per heavy atom. The van der Waals surface area contributed by atoms with Gasteiger partial charge in [0.2, 0.25) is 0 Å². The van der Waals surface area contributed by atoms with Gasteiger partial charge < -0.3 is 20.2 Å². The molecule has 5 N–H and O–H groups in total. The van der Waals surface area contributed by atoms with Crippen molar-refractivity contribution in [3.63, 3.8) is 0 Å². The molecule has 0 aliphatic heterocycles. The van der Waals surface area contributed by atoms with E-state index in [1.165, 1.54) is 0 Å². The van der Waals surface area contributed by atoms with Crippen molar-refractivity contribution in [2.45, 2.75) is 0 Å². The molecule has 0 aromatic heterocycles. The third-order valence-corrected chi connectivity index (χ3v) is 0. The largest absolute Gasteiger partial charge is 0.466 e. The van der Waals surface area contributed by atoms with Crippen molar-refractivity contribution >= 4 is 7.82 Å². The molecule has 0 unspecified atom stereocenters. The van der Waals surface area contributed by atoms with Crippen LogP contribution in [-0.2, 0) is 21.3 Å². The SMILES string of the molecule is O.O=P(O)(O)O.[Co]. The molecule has 0 saturated heterocycles. The fraction of sp³-hybridized carbons (Fsp3) is 0. The average Bonchev–Trinajstić information content (AvgIpc) is 0.722. The smallest absolute Gasteiger partial charge is 0.412 e. The van der Waals surface area contributed by atoms with E-state index in [2.05, 4.69) is 0 Å². The summed E-state index contributed by atoms with van der Waals surface area (Å²) in [7, 11) is -4.64. The molecule has 0 spiro atoms. The molecular formula is H5CoO5P. The first-order valence-corrected chi connectivity index (χ1v) is 2.35. The molecule has 0 saturated carbocycles. The van der Waals surface area contributed by atoms with E-state index in [1.807, 2.05) is 0 Å². The predicted octanol–water partition coefficient (Wildman–Crippen LogP) is -1.76. The molecule has 0 fully saturated rings. The van der Waals surface area contributed by atoms with E-state index in [-0.39, 0.29) is 22.3 Å². The molecule has 0 heterocycles. The maximum Gasteiger partial charge on any atom is 0.466 e. The van der Waals surface area contributed by atoms with Gasteiger partial charge in [0.25, 0.3) is 0 Å². The van der Waals surface area contributed by atoms with Crippen molar-refractivity contribution in [2.24, 2.45) is 0 Å². The number of rotatable bonds is 0. The molecule has 1 radical (unpaired) electrons. The normalized spacial score (nSPS) is 8.43. The van der Waals surface area contributed by atoms with Crippen molar-refractivity contribution in [3.8, 4) is 0 Å². The van der Waals surface area contributed by atoms with E-state index in [0.717, 1.165) is 0 Å². The summed E-state index contributed by atoms with van der Waals surface area (Å²) >= 11 is 0. The van der Waals surface area contributed by atoms with Crippen LogP contribution < -0.4 is 0 Å². The second-order valence-electron chi connectivity index (χ2n) is 0.513. The van der Waals surface area contributed by atoms with E-state index < -0.39 is 7.82 Å². The Labute approximate surface area is 50.1 Å². The molecule has 0 amide bonds. The van der Waals surface area contributed by atoms with Crippen LogP contribution in [0.1, 0.15) is 0 Å². The minimum Gasteiger partial charge on any atom is -0.412 e. The van der Waals surface area contributed by atoms with Crippen molar-refractivity contribution in [1.29, 1.82) is 0 Å². The summed E-state index contributed by atoms with van der Waals surface area (Å²) in [6, 6.07) is 0. The van der Waals surface area contributed by atoms with E-state index in [0.29, 0.717) is 0 Å². The van der Waals surface area contributed by atoms with Gasteiger partial charge in [0.05, 0.1) is 0 Å². The van der Waals surface area contributed by atoms with Crippen LogP contribution in [0, 0.1) is 0 Å². The first kappa shape index (κ1) is 15.6. The van der Waals surface area contributed by atoms with Crippen molar-refractivity contribution in [2.75, 3.05) is 0 Å². The van der Waals surface area contributed by atoms with Crippen LogP contribution in [0.25, 0.3) is 0 Å². The summed E-state index contributed by atoms with van der Waals surface area (Å²) in [6.07, 6.45) is 0. The van der Waals surface area contributed by atoms with Crippen LogP contribution in [0.4, 0.5) is 0 Å². The predicted molar refractivity (Wildman–Crippen MR) is 17.9 cm³/mol. The quantitative estimate of drug-likeness (QED) is 0.379. The minimum absolute atomic E-state index is 0. The van der Waals surface area contributed by atoms with E-state index >= 15 is 0 Å². The van der Waals surface area contributed by atoms with Crippen LogP contribution >= 0.6 is 7.82 Å². The van der Waals surface area contributed by atoms with Crippen LogP contribution in [0.3, 0.4) is 0 Å². The standard InChI is InChI=1S/Co.H3O4P.H2O/c;1-5(2,3)4;/h;(H3,1,2,3,4);1H2. The summed E-state index contributed by atoms with van der Waals surface area (Å²) in [5, 5.41) is 0. The number of phosphoric acid groups is 1. The summed E-state index contributed by atoms with van der Waals surface area (Å²) in [6.45, 7) is 0. The molecule has 0 aromatic carbocycles. The fourth-order valence-corrected chi connectivity index (χ4v) is 0. The van der Waals surface area contributed by atoms with Crippen LogP contribution in [0.15, 0.2) is 0 Å². The second kappa shape index (κ2) is 4.73. The van der Waals surface area contributed by atoms with Crippen LogP contribution in [0.2, 0.25) is 0 Å². The van der Waals surface area contributed by atoms with Gasteiger partial charge in [-0.05, 0) is 0 Å². The van der Waals surface area contributed by atoms with Gasteiger partial charge in [-0.2, -0.15) is 0 Å². The van der Waals surface area contributed by atoms with Gasteiger partial charge >= 0.3 is 7.82 Å². The maximum atomic E-state index is 8.88. The summed E-state index contributed by atoms with van der Waals surface area (Å²) in [4.78, 5) is 21.6. The summed E-state index contributed by atoms with van der Waals surface area (Å²) in [5.74, 6) is 0. The molecule has 7 heteroatoms. The summed E-state index contributed by atoms with van der Waals surface area (Å²) in [5.41, 5.74) is 0. The third-order valence-electron chi connectivity index (χ3n) is 0. The Hall–Kier alpha value is 0.576. The number of hydrogen-bond acceptors (Lipinski definition) is 1. The molecule has 0 atom stereocenters. The Morgan fingerprint density at radius 3 is 1.14 bits per heavy atom. The third kappa shape index (κ3) is 414. The second-order valence-corrected chi connectivity index (χ2v) is 1.54. The van der Waals surface area contributed by atoms with Crippen LogP contribution in [0.5, 0.6) is 0 Å². The Kier molecular flexibility index (Phi) is 10.6. The Bertz CT molecular complexity index is 54.2. The molecule has 7 heavy (non-hydrogen) atoms. The van der Waals surface area contributed by atoms with Gasteiger partial charge in [0, 0.05) is 16.8 Å². The zero-order chi connectivity index (χ0) is 4.50. The first-order chi connectivity index (χ1) is 2.00. The van der Waals surface area contributed by atoms with Crippen molar-refractivity contribution < 1.29 is 41.5 Å². The minimum atomic E-state index is -4.64. The van der Waals surface area contributed by atoms with Gasteiger partial charge in [-0.1, -0.05) is 0 Å². The van der Waals surface area contributed by atoms with E-state index in [1.54, 1.807) is 0 Å². The Morgan fingerprint density at radius 1 is 1.14 bits per heavy atom. The van der Waals surface area contributed by atoms with Gasteiger partial charge in [-0.25, -0.2) is 4.57 Å². The molecule has 0 bridgehead atoms. The number of hydrogen-bond donors (Lipinski definition) is 3. The molecule has 49 valence electrons. The van der Waals surface area contributed by atoms with Gasteiger partial charge in [-0.15, -0.1) is 0 Å². The maximum absolute atomic E-state index is 8.88. The van der Waals surface area contributed by atoms with Gasteiger partial charge in [0.1, 0.15) is 0 Å². The molecule has 0 aliphatic carbocycles. The van der Waals surface area contributed by atoms with E-state index in [9.17, 15) is 0 Å². The molecule has 0 aliphatic rings. The zero-order valence-corrected chi connectivity index (χ0v) is 4.97. The topological polar surface area (TPSA) is 109 Å². The molecule has 0 aromatic rings. The van der Waals surface area contributed by atoms with Gasteiger partial charge in [0.15, 0.2) is 0 Å². The van der Waals surface area contributed by atoms with Crippen molar-refractivity contribution in [1.82, 2.24) is 0 Å². The van der Waals surface area contributed by atoms with Crippen LogP contribution in [-0.4, -0.2) is 20.2 Å². The van der Waals surface area contributed by atoms with E-state index in [4.69, 9.17) is 19.2 Å². The van der Waals surface area contributed by atoms with Crippen molar-refractivity contribution in [3.05, 3.63) is 0 Å². The molecule has 5 nitrogen and oxygen atoms in total. The molecule has 0 rings (SSSR count). The fourth-order valence-electron chi connectivity index (χ4n) is 0. The summed E-state index contributed by atoms with van der Waals surface area (Å²) < 4.78 is 8.88. The zero-order valence-electron chi connectivity index (χ0n) is 3.03. The monoisotopic (exact) mass is 175 g/mol. The first-order valence-electron chi connectivity index (χ1n) is 0.783.